The van der Waals surface area contributed by atoms with Crippen molar-refractivity contribution in [2.75, 3.05) is 38.1 Å². The van der Waals surface area contributed by atoms with E-state index in [1.807, 2.05) is 4.90 Å². The predicted octanol–water partition coefficient (Wildman–Crippen LogP) is 3.06. The number of amides is 2. The third-order valence-corrected chi connectivity index (χ3v) is 6.18. The van der Waals surface area contributed by atoms with E-state index in [1.165, 1.54) is 25.8 Å². The number of carbonyl (C=O) groups excluding carboxylic acids is 2. The lowest BCUT2D eigenvalue weighted by atomic mass is 10.1. The van der Waals surface area contributed by atoms with Crippen molar-refractivity contribution in [2.24, 2.45) is 0 Å². The van der Waals surface area contributed by atoms with Gasteiger partial charge in [-0.05, 0) is 25.0 Å². The number of benzene rings is 1. The number of nitro groups is 1. The molecule has 8 nitrogen and oxygen atoms in total. The van der Waals surface area contributed by atoms with E-state index in [9.17, 15) is 19.7 Å². The van der Waals surface area contributed by atoms with Gasteiger partial charge in [0.1, 0.15) is 5.69 Å². The molecular weight excluding hydrogens is 372 g/mol. The maximum atomic E-state index is 13.0. The Hall–Kier alpha value is -2.64. The second-order valence-electron chi connectivity index (χ2n) is 8.02. The molecule has 1 saturated carbocycles. The molecule has 0 bridgehead atoms. The highest BCUT2D eigenvalue weighted by Gasteiger charge is 2.28. The van der Waals surface area contributed by atoms with Gasteiger partial charge in [0, 0.05) is 57.8 Å². The number of rotatable bonds is 4. The fourth-order valence-electron chi connectivity index (χ4n) is 4.35. The molecule has 2 fully saturated rings. The molecule has 0 spiro atoms. The summed E-state index contributed by atoms with van der Waals surface area (Å²) in [6, 6.07) is 4.97. The predicted molar refractivity (Wildman–Crippen MR) is 111 cm³/mol. The van der Waals surface area contributed by atoms with E-state index < -0.39 is 4.92 Å². The molecule has 2 amide bonds. The number of piperazine rings is 1. The first kappa shape index (κ1) is 21.1. The minimum absolute atomic E-state index is 0.0154. The molecule has 0 radical (unpaired) electrons. The van der Waals surface area contributed by atoms with Crippen molar-refractivity contribution >= 4 is 23.2 Å². The summed E-state index contributed by atoms with van der Waals surface area (Å²) in [5, 5.41) is 11.7. The lowest BCUT2D eigenvalue weighted by molar-refractivity contribution is -0.384. The molecule has 29 heavy (non-hydrogen) atoms. The number of carbonyl (C=O) groups is 2. The van der Waals surface area contributed by atoms with E-state index in [0.717, 1.165) is 25.7 Å². The van der Waals surface area contributed by atoms with E-state index in [1.54, 1.807) is 29.0 Å². The molecular formula is C21H30N4O4. The summed E-state index contributed by atoms with van der Waals surface area (Å²) in [6.45, 7) is 3.68. The SMILES string of the molecule is CC(=O)N1CCN(c2ccc(C(=O)N(C)C3CCCCCC3)cc2[N+](=O)[O-])CC1. The van der Waals surface area contributed by atoms with Crippen LogP contribution in [0.2, 0.25) is 0 Å². The Morgan fingerprint density at radius 1 is 1.07 bits per heavy atom. The van der Waals surface area contributed by atoms with Crippen molar-refractivity contribution in [1.29, 1.82) is 0 Å². The van der Waals surface area contributed by atoms with Crippen LogP contribution in [-0.2, 0) is 4.79 Å². The van der Waals surface area contributed by atoms with Gasteiger partial charge >= 0.3 is 0 Å². The molecule has 1 aliphatic carbocycles. The Kier molecular flexibility index (Phi) is 6.71. The summed E-state index contributed by atoms with van der Waals surface area (Å²) >= 11 is 0. The highest BCUT2D eigenvalue weighted by Crippen LogP contribution is 2.31. The van der Waals surface area contributed by atoms with Gasteiger partial charge in [0.25, 0.3) is 11.6 Å². The van der Waals surface area contributed by atoms with Gasteiger partial charge in [-0.2, -0.15) is 0 Å². The van der Waals surface area contributed by atoms with Crippen molar-refractivity contribution in [3.05, 3.63) is 33.9 Å². The first-order chi connectivity index (χ1) is 13.9. The maximum Gasteiger partial charge on any atom is 0.293 e. The Morgan fingerprint density at radius 3 is 2.24 bits per heavy atom. The summed E-state index contributed by atoms with van der Waals surface area (Å²) in [5.74, 6) is -0.144. The van der Waals surface area contributed by atoms with Crippen LogP contribution in [0.1, 0.15) is 55.8 Å². The second kappa shape index (κ2) is 9.24. The molecule has 1 aromatic carbocycles. The standard InChI is InChI=1S/C21H30N4O4/c1-16(26)23-11-13-24(14-12-23)19-10-9-17(15-20(19)25(28)29)21(27)22(2)18-7-5-3-4-6-8-18/h9-10,15,18H,3-8,11-14H2,1-2H3. The summed E-state index contributed by atoms with van der Waals surface area (Å²) < 4.78 is 0. The quantitative estimate of drug-likeness (QED) is 0.439. The molecule has 0 N–H and O–H groups in total. The minimum atomic E-state index is -0.422. The van der Waals surface area contributed by atoms with Gasteiger partial charge < -0.3 is 14.7 Å². The molecule has 158 valence electrons. The summed E-state index contributed by atoms with van der Waals surface area (Å²) in [7, 11) is 1.80. The molecule has 0 unspecified atom stereocenters. The Morgan fingerprint density at radius 2 is 1.69 bits per heavy atom. The summed E-state index contributed by atoms with van der Waals surface area (Å²) in [4.78, 5) is 41.2. The van der Waals surface area contributed by atoms with Crippen molar-refractivity contribution < 1.29 is 14.5 Å². The first-order valence-electron chi connectivity index (χ1n) is 10.4. The number of nitro benzene ring substituents is 1. The normalized spacial score (nSPS) is 18.3. The Balaban J connectivity index is 1.78. The van der Waals surface area contributed by atoms with Crippen LogP contribution in [0.4, 0.5) is 11.4 Å². The van der Waals surface area contributed by atoms with E-state index in [2.05, 4.69) is 0 Å². The van der Waals surface area contributed by atoms with Gasteiger partial charge in [-0.15, -0.1) is 0 Å². The van der Waals surface area contributed by atoms with Crippen LogP contribution < -0.4 is 4.90 Å². The Labute approximate surface area is 171 Å². The highest BCUT2D eigenvalue weighted by molar-refractivity contribution is 5.96. The minimum Gasteiger partial charge on any atom is -0.362 e. The zero-order valence-corrected chi connectivity index (χ0v) is 17.3. The van der Waals surface area contributed by atoms with Crippen LogP contribution in [0.5, 0.6) is 0 Å². The topological polar surface area (TPSA) is 87.0 Å². The number of hydrogen-bond acceptors (Lipinski definition) is 5. The van der Waals surface area contributed by atoms with Gasteiger partial charge in [-0.25, -0.2) is 0 Å². The Bertz CT molecular complexity index is 766. The molecule has 2 aliphatic rings. The molecule has 1 saturated heterocycles. The third kappa shape index (κ3) is 4.86. The smallest absolute Gasteiger partial charge is 0.293 e. The zero-order valence-electron chi connectivity index (χ0n) is 17.3. The maximum absolute atomic E-state index is 13.0. The molecule has 0 atom stereocenters. The summed E-state index contributed by atoms with van der Waals surface area (Å²) in [5.41, 5.74) is 0.808. The largest absolute Gasteiger partial charge is 0.362 e. The average molecular weight is 402 g/mol. The lowest BCUT2D eigenvalue weighted by Gasteiger charge is -2.35. The number of anilines is 1. The van der Waals surface area contributed by atoms with E-state index in [4.69, 9.17) is 0 Å². The van der Waals surface area contributed by atoms with Crippen LogP contribution in [-0.4, -0.2) is 65.8 Å². The molecule has 1 aliphatic heterocycles. The summed E-state index contributed by atoms with van der Waals surface area (Å²) in [6.07, 6.45) is 6.62. The third-order valence-electron chi connectivity index (χ3n) is 6.18. The van der Waals surface area contributed by atoms with E-state index in [0.29, 0.717) is 37.4 Å². The van der Waals surface area contributed by atoms with E-state index in [-0.39, 0.29) is 23.5 Å². The van der Waals surface area contributed by atoms with Crippen LogP contribution in [0, 0.1) is 10.1 Å². The zero-order chi connectivity index (χ0) is 21.0. The van der Waals surface area contributed by atoms with Crippen molar-refractivity contribution in [3.8, 4) is 0 Å². The number of nitrogens with zero attached hydrogens (tertiary/aromatic N) is 4. The van der Waals surface area contributed by atoms with Gasteiger partial charge in [-0.3, -0.25) is 19.7 Å². The van der Waals surface area contributed by atoms with Gasteiger partial charge in [0.15, 0.2) is 0 Å². The van der Waals surface area contributed by atoms with Crippen LogP contribution in [0.15, 0.2) is 18.2 Å². The first-order valence-corrected chi connectivity index (χ1v) is 10.4. The number of hydrogen-bond donors (Lipinski definition) is 0. The molecule has 0 aromatic heterocycles. The fraction of sp³-hybridized carbons (Fsp3) is 0.619. The average Bonchev–Trinajstić information content (AvgIpc) is 3.02. The molecule has 1 aromatic rings. The monoisotopic (exact) mass is 402 g/mol. The molecule has 8 heteroatoms. The second-order valence-corrected chi connectivity index (χ2v) is 8.02. The van der Waals surface area contributed by atoms with E-state index >= 15 is 0 Å². The van der Waals surface area contributed by atoms with Crippen LogP contribution >= 0.6 is 0 Å². The highest BCUT2D eigenvalue weighted by atomic mass is 16.6. The van der Waals surface area contributed by atoms with Gasteiger partial charge in [0.05, 0.1) is 4.92 Å². The van der Waals surface area contributed by atoms with Crippen molar-refractivity contribution in [1.82, 2.24) is 9.80 Å². The fourth-order valence-corrected chi connectivity index (χ4v) is 4.35. The van der Waals surface area contributed by atoms with Crippen LogP contribution in [0.3, 0.4) is 0 Å². The van der Waals surface area contributed by atoms with Crippen LogP contribution in [0.25, 0.3) is 0 Å². The lowest BCUT2D eigenvalue weighted by Crippen LogP contribution is -2.48. The molecule has 3 rings (SSSR count). The molecule has 1 heterocycles. The van der Waals surface area contributed by atoms with Crippen molar-refractivity contribution in [3.63, 3.8) is 0 Å². The van der Waals surface area contributed by atoms with Gasteiger partial charge in [0.2, 0.25) is 5.91 Å². The van der Waals surface area contributed by atoms with Crippen molar-refractivity contribution in [2.45, 2.75) is 51.5 Å². The van der Waals surface area contributed by atoms with Gasteiger partial charge in [-0.1, -0.05) is 25.7 Å².